The summed E-state index contributed by atoms with van der Waals surface area (Å²) in [6.07, 6.45) is 0. The largest absolute Gasteiger partial charge is 0.496 e. The summed E-state index contributed by atoms with van der Waals surface area (Å²) in [5.41, 5.74) is 6.25. The minimum absolute atomic E-state index is 0. The molecule has 1 amide bonds. The maximum Gasteiger partial charge on any atom is 0.244 e. The number of ether oxygens (including phenoxy) is 1. The van der Waals surface area contributed by atoms with Crippen LogP contribution in [0.2, 0.25) is 0 Å². The van der Waals surface area contributed by atoms with Crippen molar-refractivity contribution in [2.45, 2.75) is 25.4 Å². The summed E-state index contributed by atoms with van der Waals surface area (Å²) in [6.45, 7) is 3.40. The van der Waals surface area contributed by atoms with Crippen LogP contribution in [0.25, 0.3) is 0 Å². The van der Waals surface area contributed by atoms with Crippen LogP contribution in [-0.2, 0) is 10.3 Å². The second-order valence-electron chi connectivity index (χ2n) is 5.79. The van der Waals surface area contributed by atoms with Gasteiger partial charge in [0.05, 0.1) is 13.2 Å². The van der Waals surface area contributed by atoms with Crippen molar-refractivity contribution in [3.05, 3.63) is 63.9 Å². The number of benzene rings is 2. The summed E-state index contributed by atoms with van der Waals surface area (Å²) in [5.74, 6) is -0.245. The summed E-state index contributed by atoms with van der Waals surface area (Å²) in [7, 11) is 1.50. The maximum atomic E-state index is 13.5. The molecule has 7 heteroatoms. The molecule has 2 aromatic rings. The molecule has 0 aliphatic carbocycles. The quantitative estimate of drug-likeness (QED) is 0.750. The van der Waals surface area contributed by atoms with Crippen LogP contribution in [-0.4, -0.2) is 13.0 Å². The van der Waals surface area contributed by atoms with Crippen molar-refractivity contribution >= 4 is 34.2 Å². The molecule has 0 fully saturated rings. The van der Waals surface area contributed by atoms with E-state index in [2.05, 4.69) is 21.2 Å². The van der Waals surface area contributed by atoms with E-state index in [0.717, 1.165) is 4.47 Å². The van der Waals surface area contributed by atoms with Gasteiger partial charge in [0.25, 0.3) is 0 Å². The summed E-state index contributed by atoms with van der Waals surface area (Å²) in [6, 6.07) is 11.0. The lowest BCUT2D eigenvalue weighted by atomic mass is 9.91. The molecule has 2 aromatic carbocycles. The number of hydrogen-bond donors (Lipinski definition) is 2. The number of nitrogens with two attached hydrogens (primary N) is 1. The number of nitrogens with one attached hydrogen (secondary N) is 1. The summed E-state index contributed by atoms with van der Waals surface area (Å²) in [4.78, 5) is 12.6. The lowest BCUT2D eigenvalue weighted by molar-refractivity contribution is -0.126. The van der Waals surface area contributed by atoms with Gasteiger partial charge in [-0.05, 0) is 49.7 Å². The second kappa shape index (κ2) is 8.65. The molecule has 2 rings (SSSR count). The molecule has 25 heavy (non-hydrogen) atoms. The minimum atomic E-state index is -1.21. The molecule has 0 bridgehead atoms. The van der Waals surface area contributed by atoms with Crippen molar-refractivity contribution < 1.29 is 13.9 Å². The first-order valence-corrected chi connectivity index (χ1v) is 8.24. The van der Waals surface area contributed by atoms with Gasteiger partial charge in [-0.15, -0.1) is 12.4 Å². The first-order valence-electron chi connectivity index (χ1n) is 7.45. The smallest absolute Gasteiger partial charge is 0.244 e. The highest BCUT2D eigenvalue weighted by atomic mass is 79.9. The van der Waals surface area contributed by atoms with Crippen LogP contribution in [0, 0.1) is 5.82 Å². The van der Waals surface area contributed by atoms with E-state index in [9.17, 15) is 9.18 Å². The summed E-state index contributed by atoms with van der Waals surface area (Å²) >= 11 is 3.35. The van der Waals surface area contributed by atoms with Crippen molar-refractivity contribution in [2.75, 3.05) is 7.11 Å². The molecule has 2 unspecified atom stereocenters. The molecule has 4 nitrogen and oxygen atoms in total. The zero-order valence-electron chi connectivity index (χ0n) is 14.2. The number of methoxy groups -OCH3 is 1. The van der Waals surface area contributed by atoms with E-state index in [0.29, 0.717) is 16.9 Å². The van der Waals surface area contributed by atoms with Crippen LogP contribution >= 0.6 is 28.3 Å². The van der Waals surface area contributed by atoms with Crippen LogP contribution in [0.4, 0.5) is 4.39 Å². The van der Waals surface area contributed by atoms with Crippen LogP contribution in [0.15, 0.2) is 46.9 Å². The van der Waals surface area contributed by atoms with Crippen molar-refractivity contribution in [3.8, 4) is 5.75 Å². The molecular formula is C18H21BrClFN2O2. The fourth-order valence-electron chi connectivity index (χ4n) is 2.40. The monoisotopic (exact) mass is 430 g/mol. The molecule has 0 aromatic heterocycles. The van der Waals surface area contributed by atoms with Crippen LogP contribution in [0.1, 0.15) is 31.0 Å². The predicted molar refractivity (Wildman–Crippen MR) is 102 cm³/mol. The van der Waals surface area contributed by atoms with Gasteiger partial charge in [-0.3, -0.25) is 4.79 Å². The third-order valence-electron chi connectivity index (χ3n) is 3.92. The fraction of sp³-hybridized carbons (Fsp3) is 0.278. The number of hydrogen-bond acceptors (Lipinski definition) is 3. The Morgan fingerprint density at radius 2 is 1.88 bits per heavy atom. The number of carbonyl (C=O) groups is 1. The number of carbonyl (C=O) groups excluding carboxylic acids is 1. The van der Waals surface area contributed by atoms with Gasteiger partial charge in [-0.1, -0.05) is 28.1 Å². The van der Waals surface area contributed by atoms with Gasteiger partial charge in [-0.2, -0.15) is 0 Å². The molecule has 0 spiro atoms. The van der Waals surface area contributed by atoms with Crippen LogP contribution in [0.5, 0.6) is 5.75 Å². The van der Waals surface area contributed by atoms with Gasteiger partial charge in [-0.25, -0.2) is 4.39 Å². The van der Waals surface area contributed by atoms with Crippen molar-refractivity contribution in [3.63, 3.8) is 0 Å². The lowest BCUT2D eigenvalue weighted by Gasteiger charge is -2.27. The summed E-state index contributed by atoms with van der Waals surface area (Å²) in [5, 5.41) is 2.83. The highest BCUT2D eigenvalue weighted by molar-refractivity contribution is 9.10. The van der Waals surface area contributed by atoms with E-state index in [1.54, 1.807) is 26.0 Å². The number of amides is 1. The molecule has 0 aliphatic heterocycles. The second-order valence-corrected chi connectivity index (χ2v) is 6.71. The standard InChI is InChI=1S/C18H20BrFN2O2.ClH/c1-11(15-10-14(20)8-9-16(15)24-3)22-17(23)18(2,21)12-4-6-13(19)7-5-12;/h4-11H,21H2,1-3H3,(H,22,23);1H. The van der Waals surface area contributed by atoms with E-state index in [4.69, 9.17) is 10.5 Å². The highest BCUT2D eigenvalue weighted by Crippen LogP contribution is 2.27. The minimum Gasteiger partial charge on any atom is -0.496 e. The Hall–Kier alpha value is -1.63. The first kappa shape index (κ1) is 21.4. The molecular weight excluding hydrogens is 411 g/mol. The van der Waals surface area contributed by atoms with Crippen molar-refractivity contribution in [1.29, 1.82) is 0 Å². The fourth-order valence-corrected chi connectivity index (χ4v) is 2.66. The van der Waals surface area contributed by atoms with Gasteiger partial charge < -0.3 is 15.8 Å². The van der Waals surface area contributed by atoms with Gasteiger partial charge in [0.1, 0.15) is 17.1 Å². The number of halogens is 3. The first-order chi connectivity index (χ1) is 11.3. The summed E-state index contributed by atoms with van der Waals surface area (Å²) < 4.78 is 19.7. The zero-order valence-corrected chi connectivity index (χ0v) is 16.6. The highest BCUT2D eigenvalue weighted by Gasteiger charge is 2.32. The van der Waals surface area contributed by atoms with E-state index < -0.39 is 17.4 Å². The number of rotatable bonds is 5. The van der Waals surface area contributed by atoms with E-state index in [1.165, 1.54) is 25.3 Å². The molecule has 0 saturated carbocycles. The Morgan fingerprint density at radius 3 is 2.44 bits per heavy atom. The molecule has 136 valence electrons. The van der Waals surface area contributed by atoms with E-state index in [1.807, 2.05) is 12.1 Å². The Labute approximate surface area is 161 Å². The van der Waals surface area contributed by atoms with Crippen molar-refractivity contribution in [1.82, 2.24) is 5.32 Å². The van der Waals surface area contributed by atoms with Gasteiger partial charge in [0.15, 0.2) is 0 Å². The van der Waals surface area contributed by atoms with E-state index >= 15 is 0 Å². The molecule has 0 heterocycles. The molecule has 0 saturated heterocycles. The Kier molecular flexibility index (Phi) is 7.41. The van der Waals surface area contributed by atoms with Crippen molar-refractivity contribution in [2.24, 2.45) is 5.73 Å². The van der Waals surface area contributed by atoms with E-state index in [-0.39, 0.29) is 18.3 Å². The lowest BCUT2D eigenvalue weighted by Crippen LogP contribution is -2.49. The Bertz CT molecular complexity index is 738. The third kappa shape index (κ3) is 4.93. The predicted octanol–water partition coefficient (Wildman–Crippen LogP) is 4.07. The van der Waals surface area contributed by atoms with Gasteiger partial charge in [0, 0.05) is 10.0 Å². The molecule has 2 atom stereocenters. The average Bonchev–Trinajstić information content (AvgIpc) is 2.55. The van der Waals surface area contributed by atoms with Crippen LogP contribution < -0.4 is 15.8 Å². The molecule has 0 aliphatic rings. The maximum absolute atomic E-state index is 13.5. The van der Waals surface area contributed by atoms with Gasteiger partial charge >= 0.3 is 0 Å². The third-order valence-corrected chi connectivity index (χ3v) is 4.45. The van der Waals surface area contributed by atoms with Gasteiger partial charge in [0.2, 0.25) is 5.91 Å². The zero-order chi connectivity index (χ0) is 17.9. The molecule has 0 radical (unpaired) electrons. The Balaban J connectivity index is 0.00000312. The Morgan fingerprint density at radius 1 is 1.28 bits per heavy atom. The van der Waals surface area contributed by atoms with Crippen LogP contribution in [0.3, 0.4) is 0 Å². The normalized spacial score (nSPS) is 14.0. The average molecular weight is 432 g/mol. The SMILES string of the molecule is COc1ccc(F)cc1C(C)NC(=O)C(C)(N)c1ccc(Br)cc1.Cl. The topological polar surface area (TPSA) is 64.3 Å². The molecule has 3 N–H and O–H groups in total.